The molecule has 0 unspecified atom stereocenters. The first kappa shape index (κ1) is 13.8. The number of nitrogens with one attached hydrogen (secondary N) is 1. The van der Waals surface area contributed by atoms with Gasteiger partial charge in [0.05, 0.1) is 0 Å². The Bertz CT molecular complexity index is 395. The average molecular weight is 256 g/mol. The Balaban J connectivity index is 3.05. The van der Waals surface area contributed by atoms with E-state index in [-0.39, 0.29) is 12.4 Å². The minimum absolute atomic E-state index is 0.00458. The van der Waals surface area contributed by atoms with Crippen LogP contribution in [0.4, 0.5) is 5.69 Å². The van der Waals surface area contributed by atoms with Gasteiger partial charge in [-0.3, -0.25) is 5.41 Å². The Labute approximate surface area is 107 Å². The number of amidine groups is 1. The summed E-state index contributed by atoms with van der Waals surface area (Å²) in [6.07, 6.45) is 0.688. The van der Waals surface area contributed by atoms with Gasteiger partial charge < -0.3 is 15.7 Å². The first-order valence-electron chi connectivity index (χ1n) is 5.60. The second kappa shape index (κ2) is 6.47. The molecule has 0 aliphatic carbocycles. The lowest BCUT2D eigenvalue weighted by atomic mass is 10.1. The highest BCUT2D eigenvalue weighted by Gasteiger charge is 2.12. The van der Waals surface area contributed by atoms with Crippen molar-refractivity contribution in [3.63, 3.8) is 0 Å². The van der Waals surface area contributed by atoms with Gasteiger partial charge in [0, 0.05) is 36.0 Å². The second-order valence-electron chi connectivity index (χ2n) is 3.73. The van der Waals surface area contributed by atoms with Gasteiger partial charge in [-0.25, -0.2) is 0 Å². The fraction of sp³-hybridized carbons (Fsp3) is 0.417. The molecule has 0 aromatic heterocycles. The van der Waals surface area contributed by atoms with Crippen LogP contribution in [0.3, 0.4) is 0 Å². The number of nitrogens with two attached hydrogens (primary N) is 1. The molecule has 0 heterocycles. The molecule has 0 bridgehead atoms. The number of aliphatic hydroxyl groups excluding tert-OH is 1. The van der Waals surface area contributed by atoms with Crippen LogP contribution in [0.2, 0.25) is 5.02 Å². The molecule has 94 valence electrons. The predicted molar refractivity (Wildman–Crippen MR) is 72.1 cm³/mol. The lowest BCUT2D eigenvalue weighted by Gasteiger charge is -2.25. The number of halogens is 1. The summed E-state index contributed by atoms with van der Waals surface area (Å²) < 4.78 is 0. The third kappa shape index (κ3) is 3.61. The van der Waals surface area contributed by atoms with Gasteiger partial charge in [0.15, 0.2) is 0 Å². The van der Waals surface area contributed by atoms with Gasteiger partial charge in [-0.05, 0) is 31.5 Å². The molecule has 4 nitrogen and oxygen atoms in total. The number of rotatable bonds is 6. The van der Waals surface area contributed by atoms with Crippen molar-refractivity contribution in [2.24, 2.45) is 5.73 Å². The Hall–Kier alpha value is -1.26. The highest BCUT2D eigenvalue weighted by molar-refractivity contribution is 6.31. The van der Waals surface area contributed by atoms with Crippen molar-refractivity contribution in [3.05, 3.63) is 28.8 Å². The summed E-state index contributed by atoms with van der Waals surface area (Å²) in [6.45, 7) is 3.70. The maximum absolute atomic E-state index is 8.87. The van der Waals surface area contributed by atoms with Crippen LogP contribution in [0.25, 0.3) is 0 Å². The molecule has 4 N–H and O–H groups in total. The first-order valence-corrected chi connectivity index (χ1v) is 5.97. The normalized spacial score (nSPS) is 10.3. The van der Waals surface area contributed by atoms with Gasteiger partial charge in [0.1, 0.15) is 5.84 Å². The van der Waals surface area contributed by atoms with E-state index in [2.05, 4.69) is 4.90 Å². The SMILES string of the molecule is CCN(CCCO)c1ccc(Cl)cc1C(=N)N. The van der Waals surface area contributed by atoms with E-state index < -0.39 is 0 Å². The third-order valence-corrected chi connectivity index (χ3v) is 2.79. The van der Waals surface area contributed by atoms with E-state index >= 15 is 0 Å². The summed E-state index contributed by atoms with van der Waals surface area (Å²) in [4.78, 5) is 2.07. The van der Waals surface area contributed by atoms with Crippen molar-refractivity contribution in [3.8, 4) is 0 Å². The zero-order valence-corrected chi connectivity index (χ0v) is 10.7. The summed E-state index contributed by atoms with van der Waals surface area (Å²) in [7, 11) is 0. The number of anilines is 1. The molecular weight excluding hydrogens is 238 g/mol. The van der Waals surface area contributed by atoms with Crippen molar-refractivity contribution >= 4 is 23.1 Å². The first-order chi connectivity index (χ1) is 8.10. The molecule has 0 saturated heterocycles. The van der Waals surface area contributed by atoms with Crippen molar-refractivity contribution in [2.45, 2.75) is 13.3 Å². The third-order valence-electron chi connectivity index (χ3n) is 2.56. The zero-order valence-electron chi connectivity index (χ0n) is 9.91. The van der Waals surface area contributed by atoms with Crippen molar-refractivity contribution < 1.29 is 5.11 Å². The predicted octanol–water partition coefficient (Wildman–Crippen LogP) is 1.83. The van der Waals surface area contributed by atoms with Crippen LogP contribution in [-0.4, -0.2) is 30.6 Å². The van der Waals surface area contributed by atoms with Crippen LogP contribution in [0.5, 0.6) is 0 Å². The van der Waals surface area contributed by atoms with E-state index in [1.165, 1.54) is 0 Å². The summed E-state index contributed by atoms with van der Waals surface area (Å²) in [5, 5.41) is 17.0. The van der Waals surface area contributed by atoms with E-state index in [0.717, 1.165) is 18.8 Å². The number of hydrogen-bond acceptors (Lipinski definition) is 3. The van der Waals surface area contributed by atoms with Gasteiger partial charge in [0.25, 0.3) is 0 Å². The van der Waals surface area contributed by atoms with Crippen LogP contribution in [0.15, 0.2) is 18.2 Å². The lowest BCUT2D eigenvalue weighted by molar-refractivity contribution is 0.289. The van der Waals surface area contributed by atoms with Gasteiger partial charge in [-0.2, -0.15) is 0 Å². The molecule has 0 fully saturated rings. The molecule has 1 rings (SSSR count). The fourth-order valence-corrected chi connectivity index (χ4v) is 1.88. The number of hydrogen-bond donors (Lipinski definition) is 3. The molecule has 1 aromatic rings. The van der Waals surface area contributed by atoms with Crippen LogP contribution in [-0.2, 0) is 0 Å². The number of nitrogen functional groups attached to an aromatic ring is 1. The van der Waals surface area contributed by atoms with Crippen LogP contribution in [0, 0.1) is 5.41 Å². The molecule has 5 heteroatoms. The lowest BCUT2D eigenvalue weighted by Crippen LogP contribution is -2.27. The number of aliphatic hydroxyl groups is 1. The molecule has 0 radical (unpaired) electrons. The fourth-order valence-electron chi connectivity index (χ4n) is 1.71. The van der Waals surface area contributed by atoms with E-state index in [9.17, 15) is 0 Å². The molecule has 0 spiro atoms. The van der Waals surface area contributed by atoms with Crippen LogP contribution < -0.4 is 10.6 Å². The molecule has 0 aliphatic rings. The van der Waals surface area contributed by atoms with Gasteiger partial charge in [0.2, 0.25) is 0 Å². The summed E-state index contributed by atoms with van der Waals surface area (Å²) >= 11 is 5.90. The van der Waals surface area contributed by atoms with E-state index in [0.29, 0.717) is 17.0 Å². The minimum Gasteiger partial charge on any atom is -0.396 e. The highest BCUT2D eigenvalue weighted by atomic mass is 35.5. The smallest absolute Gasteiger partial charge is 0.124 e. The van der Waals surface area contributed by atoms with Gasteiger partial charge in [-0.1, -0.05) is 11.6 Å². The topological polar surface area (TPSA) is 73.3 Å². The van der Waals surface area contributed by atoms with E-state index in [1.54, 1.807) is 12.1 Å². The van der Waals surface area contributed by atoms with Crippen molar-refractivity contribution in [1.29, 1.82) is 5.41 Å². The summed E-state index contributed by atoms with van der Waals surface area (Å²) in [5.74, 6) is 0.00458. The maximum atomic E-state index is 8.87. The molecule has 17 heavy (non-hydrogen) atoms. The van der Waals surface area contributed by atoms with Crippen molar-refractivity contribution in [1.82, 2.24) is 0 Å². The summed E-state index contributed by atoms with van der Waals surface area (Å²) in [6, 6.07) is 5.34. The number of benzene rings is 1. The molecule has 1 aromatic carbocycles. The standard InChI is InChI=1S/C12H18ClN3O/c1-2-16(6-3-7-17)11-5-4-9(13)8-10(11)12(14)15/h4-5,8,17H,2-3,6-7H2,1H3,(H3,14,15). The maximum Gasteiger partial charge on any atom is 0.124 e. The Morgan fingerprint density at radius 3 is 2.76 bits per heavy atom. The van der Waals surface area contributed by atoms with E-state index in [4.69, 9.17) is 27.9 Å². The summed E-state index contributed by atoms with van der Waals surface area (Å²) in [5.41, 5.74) is 7.08. The Morgan fingerprint density at radius 2 is 2.24 bits per heavy atom. The minimum atomic E-state index is 0.00458. The van der Waals surface area contributed by atoms with Gasteiger partial charge >= 0.3 is 0 Å². The average Bonchev–Trinajstić information content (AvgIpc) is 2.31. The largest absolute Gasteiger partial charge is 0.396 e. The monoisotopic (exact) mass is 255 g/mol. The van der Waals surface area contributed by atoms with Gasteiger partial charge in [-0.15, -0.1) is 0 Å². The molecule has 0 saturated carbocycles. The Kier molecular flexibility index (Phi) is 5.25. The molecule has 0 atom stereocenters. The molecular formula is C12H18ClN3O. The van der Waals surface area contributed by atoms with Crippen LogP contribution >= 0.6 is 11.6 Å². The molecule has 0 aliphatic heterocycles. The number of nitrogens with zero attached hydrogens (tertiary/aromatic N) is 1. The quantitative estimate of drug-likeness (QED) is 0.536. The molecule has 0 amide bonds. The van der Waals surface area contributed by atoms with Crippen molar-refractivity contribution in [2.75, 3.05) is 24.6 Å². The Morgan fingerprint density at radius 1 is 1.53 bits per heavy atom. The zero-order chi connectivity index (χ0) is 12.8. The van der Waals surface area contributed by atoms with Crippen LogP contribution in [0.1, 0.15) is 18.9 Å². The highest BCUT2D eigenvalue weighted by Crippen LogP contribution is 2.24. The second-order valence-corrected chi connectivity index (χ2v) is 4.17. The van der Waals surface area contributed by atoms with E-state index in [1.807, 2.05) is 13.0 Å².